The van der Waals surface area contributed by atoms with Crippen LogP contribution in [0.1, 0.15) is 11.1 Å². The van der Waals surface area contributed by atoms with E-state index >= 15 is 0 Å². The van der Waals surface area contributed by atoms with E-state index in [1.54, 1.807) is 0 Å². The molecule has 16 heavy (non-hydrogen) atoms. The van der Waals surface area contributed by atoms with Gasteiger partial charge in [-0.25, -0.2) is 0 Å². The maximum absolute atomic E-state index is 4.48. The zero-order valence-electron chi connectivity index (χ0n) is 8.93. The van der Waals surface area contributed by atoms with Gasteiger partial charge < -0.3 is 0 Å². The lowest BCUT2D eigenvalue weighted by Gasteiger charge is -2.07. The number of hydrogen-bond acceptors (Lipinski definition) is 2. The lowest BCUT2D eigenvalue weighted by Crippen LogP contribution is -1.92. The molecule has 2 aromatic rings. The average molecular weight is 246 g/mol. The van der Waals surface area contributed by atoms with Gasteiger partial charge in [-0.15, -0.1) is 25.3 Å². The van der Waals surface area contributed by atoms with Gasteiger partial charge in [0.15, 0.2) is 0 Å². The van der Waals surface area contributed by atoms with Crippen LogP contribution in [-0.4, -0.2) is 0 Å². The van der Waals surface area contributed by atoms with Crippen molar-refractivity contribution in [1.29, 1.82) is 0 Å². The second-order valence-electron chi connectivity index (χ2n) is 3.77. The summed E-state index contributed by atoms with van der Waals surface area (Å²) in [6, 6.07) is 16.6. The third kappa shape index (κ3) is 2.83. The molecule has 0 bridgehead atoms. The Morgan fingerprint density at radius 3 is 2.25 bits per heavy atom. The van der Waals surface area contributed by atoms with Crippen LogP contribution in [0.5, 0.6) is 0 Å². The van der Waals surface area contributed by atoms with E-state index in [1.807, 2.05) is 18.2 Å². The monoisotopic (exact) mass is 246 g/mol. The van der Waals surface area contributed by atoms with Crippen LogP contribution in [0.25, 0.3) is 0 Å². The Bertz CT molecular complexity index is 463. The van der Waals surface area contributed by atoms with Crippen molar-refractivity contribution >= 4 is 25.3 Å². The first-order valence-electron chi connectivity index (χ1n) is 5.31. The third-order valence-corrected chi connectivity index (χ3v) is 3.70. The zero-order chi connectivity index (χ0) is 11.4. The van der Waals surface area contributed by atoms with E-state index in [0.717, 1.165) is 22.6 Å². The standard InChI is InChI=1S/C14H14S2/c15-13-8-4-7-12(14(13)16)10-9-11-5-2-1-3-6-11/h1-8,15-16H,9-10H2. The first-order chi connectivity index (χ1) is 7.77. The molecule has 0 aromatic heterocycles. The first-order valence-corrected chi connectivity index (χ1v) is 6.20. The molecule has 0 aliphatic heterocycles. The van der Waals surface area contributed by atoms with Crippen LogP contribution in [0.3, 0.4) is 0 Å². The Morgan fingerprint density at radius 2 is 1.50 bits per heavy atom. The minimum absolute atomic E-state index is 0.953. The summed E-state index contributed by atoms with van der Waals surface area (Å²) < 4.78 is 0. The van der Waals surface area contributed by atoms with E-state index in [2.05, 4.69) is 55.6 Å². The molecule has 2 aromatic carbocycles. The number of thiol groups is 2. The highest BCUT2D eigenvalue weighted by Gasteiger charge is 2.02. The molecule has 0 saturated carbocycles. The molecule has 82 valence electrons. The molecule has 0 atom stereocenters. The third-order valence-electron chi connectivity index (χ3n) is 2.62. The minimum atomic E-state index is 0.953. The van der Waals surface area contributed by atoms with Crippen molar-refractivity contribution in [2.45, 2.75) is 22.6 Å². The summed E-state index contributed by atoms with van der Waals surface area (Å²) in [5.74, 6) is 0. The fourth-order valence-corrected chi connectivity index (χ4v) is 2.19. The largest absolute Gasteiger partial charge is 0.142 e. The quantitative estimate of drug-likeness (QED) is 0.750. The molecule has 0 radical (unpaired) electrons. The summed E-state index contributed by atoms with van der Waals surface area (Å²) in [6.07, 6.45) is 2.06. The maximum Gasteiger partial charge on any atom is 0.0206 e. The van der Waals surface area contributed by atoms with Crippen LogP contribution in [-0.2, 0) is 12.8 Å². The molecule has 2 heteroatoms. The maximum atomic E-state index is 4.48. The molecule has 2 rings (SSSR count). The molecule has 0 nitrogen and oxygen atoms in total. The van der Waals surface area contributed by atoms with Crippen molar-refractivity contribution in [2.24, 2.45) is 0 Å². The first kappa shape index (κ1) is 11.6. The number of aryl methyl sites for hydroxylation is 2. The van der Waals surface area contributed by atoms with Gasteiger partial charge in [0, 0.05) is 9.79 Å². The second kappa shape index (κ2) is 5.46. The highest BCUT2D eigenvalue weighted by molar-refractivity contribution is 7.83. The molecular formula is C14H14S2. The van der Waals surface area contributed by atoms with E-state index in [0.29, 0.717) is 0 Å². The van der Waals surface area contributed by atoms with Gasteiger partial charge in [0.2, 0.25) is 0 Å². The number of rotatable bonds is 3. The Balaban J connectivity index is 2.08. The van der Waals surface area contributed by atoms with Crippen molar-refractivity contribution < 1.29 is 0 Å². The predicted molar refractivity (Wildman–Crippen MR) is 74.8 cm³/mol. The molecule has 0 fully saturated rings. The van der Waals surface area contributed by atoms with E-state index in [4.69, 9.17) is 0 Å². The molecule has 0 N–H and O–H groups in total. The Kier molecular flexibility index (Phi) is 3.97. The Morgan fingerprint density at radius 1 is 0.750 bits per heavy atom. The molecule has 0 aliphatic carbocycles. The van der Waals surface area contributed by atoms with Crippen LogP contribution in [0.2, 0.25) is 0 Å². The predicted octanol–water partition coefficient (Wildman–Crippen LogP) is 4.05. The van der Waals surface area contributed by atoms with Gasteiger partial charge in [-0.05, 0) is 30.0 Å². The van der Waals surface area contributed by atoms with Crippen molar-refractivity contribution in [3.8, 4) is 0 Å². The fraction of sp³-hybridized carbons (Fsp3) is 0.143. The number of benzene rings is 2. The Labute approximate surface area is 108 Å². The molecule has 0 heterocycles. The zero-order valence-corrected chi connectivity index (χ0v) is 10.7. The Hall–Kier alpha value is -0.860. The smallest absolute Gasteiger partial charge is 0.0206 e. The second-order valence-corrected chi connectivity index (χ2v) is 4.70. The summed E-state index contributed by atoms with van der Waals surface area (Å²) in [6.45, 7) is 0. The summed E-state index contributed by atoms with van der Waals surface area (Å²) >= 11 is 8.85. The lowest BCUT2D eigenvalue weighted by atomic mass is 10.0. The van der Waals surface area contributed by atoms with E-state index in [-0.39, 0.29) is 0 Å². The molecule has 0 spiro atoms. The van der Waals surface area contributed by atoms with Crippen LogP contribution in [0.15, 0.2) is 58.3 Å². The van der Waals surface area contributed by atoms with Gasteiger partial charge in [-0.1, -0.05) is 42.5 Å². The van der Waals surface area contributed by atoms with Crippen molar-refractivity contribution in [3.63, 3.8) is 0 Å². The normalized spacial score (nSPS) is 10.4. The lowest BCUT2D eigenvalue weighted by molar-refractivity contribution is 0.922. The van der Waals surface area contributed by atoms with Gasteiger partial charge in [0.25, 0.3) is 0 Å². The summed E-state index contributed by atoms with van der Waals surface area (Å²) in [5, 5.41) is 0. The minimum Gasteiger partial charge on any atom is -0.142 e. The van der Waals surface area contributed by atoms with Gasteiger partial charge in [0.1, 0.15) is 0 Å². The van der Waals surface area contributed by atoms with Gasteiger partial charge >= 0.3 is 0 Å². The number of hydrogen-bond donors (Lipinski definition) is 2. The highest BCUT2D eigenvalue weighted by atomic mass is 32.1. The SMILES string of the molecule is Sc1cccc(CCc2ccccc2)c1S. The van der Waals surface area contributed by atoms with Crippen LogP contribution in [0, 0.1) is 0 Å². The fourth-order valence-electron chi connectivity index (χ4n) is 1.70. The summed E-state index contributed by atoms with van der Waals surface area (Å²) in [7, 11) is 0. The molecule has 0 saturated heterocycles. The van der Waals surface area contributed by atoms with Crippen molar-refractivity contribution in [2.75, 3.05) is 0 Å². The molecule has 0 aliphatic rings. The van der Waals surface area contributed by atoms with Crippen LogP contribution >= 0.6 is 25.3 Å². The molecule has 0 amide bonds. The van der Waals surface area contributed by atoms with Gasteiger partial charge in [0.05, 0.1) is 0 Å². The highest BCUT2D eigenvalue weighted by Crippen LogP contribution is 2.23. The van der Waals surface area contributed by atoms with E-state index in [9.17, 15) is 0 Å². The van der Waals surface area contributed by atoms with Crippen LogP contribution in [0.4, 0.5) is 0 Å². The van der Waals surface area contributed by atoms with Gasteiger partial charge in [-0.2, -0.15) is 0 Å². The van der Waals surface area contributed by atoms with E-state index in [1.165, 1.54) is 11.1 Å². The summed E-state index contributed by atoms with van der Waals surface area (Å²) in [5.41, 5.74) is 2.62. The van der Waals surface area contributed by atoms with Gasteiger partial charge in [-0.3, -0.25) is 0 Å². The molecule has 0 unspecified atom stereocenters. The van der Waals surface area contributed by atoms with E-state index < -0.39 is 0 Å². The summed E-state index contributed by atoms with van der Waals surface area (Å²) in [4.78, 5) is 1.95. The van der Waals surface area contributed by atoms with Crippen molar-refractivity contribution in [3.05, 3.63) is 59.7 Å². The van der Waals surface area contributed by atoms with Crippen molar-refractivity contribution in [1.82, 2.24) is 0 Å². The topological polar surface area (TPSA) is 0 Å². The average Bonchev–Trinajstić information content (AvgIpc) is 2.32. The molecular weight excluding hydrogens is 232 g/mol. The van der Waals surface area contributed by atoms with Crippen LogP contribution < -0.4 is 0 Å².